The van der Waals surface area contributed by atoms with Crippen LogP contribution in [0, 0.1) is 5.82 Å². The molecule has 1 atom stereocenters. The number of carbonyl (C=O) groups is 1. The highest BCUT2D eigenvalue weighted by molar-refractivity contribution is 7.91. The van der Waals surface area contributed by atoms with Crippen LogP contribution in [0.3, 0.4) is 0 Å². The van der Waals surface area contributed by atoms with Crippen molar-refractivity contribution in [3.8, 4) is 0 Å². The van der Waals surface area contributed by atoms with E-state index in [0.717, 1.165) is 29.5 Å². The topological polar surface area (TPSA) is 88.1 Å². The van der Waals surface area contributed by atoms with Gasteiger partial charge in [-0.1, -0.05) is 35.3 Å². The van der Waals surface area contributed by atoms with Crippen LogP contribution >= 0.6 is 23.2 Å². The molecular formula is C23H19Cl2F4N3O4S. The highest BCUT2D eigenvalue weighted by atomic mass is 35.5. The molecule has 1 saturated heterocycles. The maximum Gasteiger partial charge on any atom is 0.417 e. The van der Waals surface area contributed by atoms with Gasteiger partial charge in [-0.05, 0) is 40.5 Å². The number of nitrogens with one attached hydrogen (secondary N) is 1. The van der Waals surface area contributed by atoms with Crippen molar-refractivity contribution in [2.24, 2.45) is 5.10 Å². The second-order valence-electron chi connectivity index (χ2n) is 9.48. The van der Waals surface area contributed by atoms with Crippen LogP contribution in [0.1, 0.15) is 28.7 Å². The molecule has 0 bridgehead atoms. The van der Waals surface area contributed by atoms with Gasteiger partial charge in [0.2, 0.25) is 5.91 Å². The molecule has 3 aliphatic heterocycles. The number of rotatable bonds is 4. The van der Waals surface area contributed by atoms with Crippen molar-refractivity contribution in [3.63, 3.8) is 0 Å². The number of alkyl halides is 3. The van der Waals surface area contributed by atoms with Gasteiger partial charge in [-0.3, -0.25) is 10.2 Å². The number of sulfone groups is 1. The first kappa shape index (κ1) is 26.2. The van der Waals surface area contributed by atoms with Gasteiger partial charge in [0.25, 0.3) is 0 Å². The molecule has 0 saturated carbocycles. The zero-order valence-corrected chi connectivity index (χ0v) is 21.5. The Kier molecular flexibility index (Phi) is 6.06. The fourth-order valence-corrected chi connectivity index (χ4v) is 6.03. The van der Waals surface area contributed by atoms with Gasteiger partial charge in [0, 0.05) is 12.7 Å². The quantitative estimate of drug-likeness (QED) is 0.438. The first-order chi connectivity index (χ1) is 17.1. The van der Waals surface area contributed by atoms with Crippen molar-refractivity contribution in [3.05, 3.63) is 68.4 Å². The van der Waals surface area contributed by atoms with Gasteiger partial charge in [-0.15, -0.1) is 0 Å². The van der Waals surface area contributed by atoms with Crippen molar-refractivity contribution >= 4 is 44.7 Å². The molecule has 198 valence electrons. The van der Waals surface area contributed by atoms with Gasteiger partial charge < -0.3 is 9.64 Å². The molecule has 5 rings (SSSR count). The van der Waals surface area contributed by atoms with Crippen molar-refractivity contribution in [1.82, 2.24) is 10.3 Å². The third kappa shape index (κ3) is 4.37. The second-order valence-corrected chi connectivity index (χ2v) is 12.4. The molecule has 0 aromatic heterocycles. The first-order valence-electron chi connectivity index (χ1n) is 10.9. The fourth-order valence-electron chi connectivity index (χ4n) is 4.91. The molecule has 1 fully saturated rings. The van der Waals surface area contributed by atoms with Crippen LogP contribution in [0.5, 0.6) is 0 Å². The zero-order chi connectivity index (χ0) is 27.0. The molecule has 37 heavy (non-hydrogen) atoms. The second kappa shape index (κ2) is 8.55. The van der Waals surface area contributed by atoms with E-state index in [2.05, 4.69) is 10.5 Å². The minimum atomic E-state index is -4.82. The molecule has 1 amide bonds. The Labute approximate surface area is 219 Å². The van der Waals surface area contributed by atoms with Crippen LogP contribution in [0.4, 0.5) is 17.6 Å². The summed E-state index contributed by atoms with van der Waals surface area (Å²) in [7, 11) is -3.47. The van der Waals surface area contributed by atoms with Gasteiger partial charge in [0.1, 0.15) is 11.4 Å². The summed E-state index contributed by atoms with van der Waals surface area (Å²) in [5.41, 5.74) is 0.446. The Bertz CT molecular complexity index is 1440. The van der Waals surface area contributed by atoms with E-state index in [-0.39, 0.29) is 31.0 Å². The Morgan fingerprint density at radius 1 is 1.19 bits per heavy atom. The molecule has 3 aliphatic rings. The van der Waals surface area contributed by atoms with E-state index >= 15 is 0 Å². The minimum Gasteiger partial charge on any atom is -0.362 e. The fraction of sp³-hybridized carbons (Fsp3) is 0.391. The highest BCUT2D eigenvalue weighted by Gasteiger charge is 2.59. The van der Waals surface area contributed by atoms with E-state index in [1.165, 1.54) is 4.90 Å². The normalized spacial score (nSPS) is 22.5. The maximum absolute atomic E-state index is 14.3. The summed E-state index contributed by atoms with van der Waals surface area (Å²) in [6.45, 7) is 0.532. The number of amides is 1. The maximum atomic E-state index is 14.3. The van der Waals surface area contributed by atoms with Crippen LogP contribution in [0.15, 0.2) is 35.4 Å². The number of halogens is 6. The van der Waals surface area contributed by atoms with Gasteiger partial charge in [-0.25, -0.2) is 12.8 Å². The van der Waals surface area contributed by atoms with Gasteiger partial charge >= 0.3 is 6.18 Å². The molecule has 14 heteroatoms. The number of fused-ring (bicyclic) bond motifs is 2. The lowest BCUT2D eigenvalue weighted by Crippen LogP contribution is -2.62. The largest absolute Gasteiger partial charge is 0.417 e. The van der Waals surface area contributed by atoms with E-state index in [4.69, 9.17) is 27.9 Å². The van der Waals surface area contributed by atoms with Crippen molar-refractivity contribution in [2.75, 3.05) is 25.1 Å². The number of hydrogen-bond acceptors (Lipinski definition) is 6. The van der Waals surface area contributed by atoms with Crippen LogP contribution < -0.4 is 5.43 Å². The zero-order valence-electron chi connectivity index (χ0n) is 19.1. The van der Waals surface area contributed by atoms with Crippen LogP contribution in [-0.4, -0.2) is 56.2 Å². The lowest BCUT2D eigenvalue weighted by atomic mass is 9.82. The van der Waals surface area contributed by atoms with E-state index < -0.39 is 61.1 Å². The SMILES string of the molecule is CS(=O)(=O)CC(=O)N1CC2(C1)OCc1cc(C3=NNC(c4cc(Cl)c(F)c(Cl)c4)(C(F)(F)F)C3)ccc12. The van der Waals surface area contributed by atoms with Crippen LogP contribution in [0.2, 0.25) is 10.0 Å². The summed E-state index contributed by atoms with van der Waals surface area (Å²) in [6.07, 6.45) is -4.43. The third-order valence-corrected chi connectivity index (χ3v) is 8.16. The molecule has 1 spiro atoms. The Morgan fingerprint density at radius 2 is 1.84 bits per heavy atom. The van der Waals surface area contributed by atoms with Crippen molar-refractivity contribution < 1.29 is 35.5 Å². The lowest BCUT2D eigenvalue weighted by molar-refractivity contribution is -0.196. The number of benzene rings is 2. The molecule has 0 radical (unpaired) electrons. The van der Waals surface area contributed by atoms with E-state index in [0.29, 0.717) is 5.56 Å². The molecule has 1 N–H and O–H groups in total. The number of likely N-dealkylation sites (tertiary alicyclic amines) is 1. The summed E-state index contributed by atoms with van der Waals surface area (Å²) < 4.78 is 85.6. The highest BCUT2D eigenvalue weighted by Crippen LogP contribution is 2.48. The predicted molar refractivity (Wildman–Crippen MR) is 128 cm³/mol. The lowest BCUT2D eigenvalue weighted by Gasteiger charge is -2.47. The summed E-state index contributed by atoms with van der Waals surface area (Å²) in [4.78, 5) is 13.6. The Balaban J connectivity index is 1.38. The predicted octanol–water partition coefficient (Wildman–Crippen LogP) is 3.90. The minimum absolute atomic E-state index is 0.121. The third-order valence-electron chi connectivity index (χ3n) is 6.84. The summed E-state index contributed by atoms with van der Waals surface area (Å²) in [5, 5.41) is 2.89. The van der Waals surface area contributed by atoms with Crippen LogP contribution in [0.25, 0.3) is 0 Å². The summed E-state index contributed by atoms with van der Waals surface area (Å²) in [6, 6.07) is 6.79. The van der Waals surface area contributed by atoms with Gasteiger partial charge in [0.05, 0.1) is 35.5 Å². The molecule has 1 unspecified atom stereocenters. The number of carbonyl (C=O) groups excluding carboxylic acids is 1. The van der Waals surface area contributed by atoms with Crippen molar-refractivity contribution in [2.45, 2.75) is 30.3 Å². The molecule has 2 aromatic carbocycles. The van der Waals surface area contributed by atoms with Crippen LogP contribution in [-0.2, 0) is 37.1 Å². The number of ether oxygens (including phenoxy) is 1. The Morgan fingerprint density at radius 3 is 2.43 bits per heavy atom. The van der Waals surface area contributed by atoms with E-state index in [1.54, 1.807) is 18.2 Å². The molecule has 0 aliphatic carbocycles. The molecule has 3 heterocycles. The smallest absolute Gasteiger partial charge is 0.362 e. The number of nitrogens with zero attached hydrogens (tertiary/aromatic N) is 2. The standard InChI is InChI=1S/C23H19Cl2F4N3O4S/c1-37(34,35)9-19(33)32-10-21(11-32)15-3-2-12(4-13(15)8-36-21)18-7-22(31-30-18,23(27,28)29)14-5-16(24)20(26)17(25)6-14/h2-6,31H,7-11H2,1H3. The Hall–Kier alpha value is -2.41. The first-order valence-corrected chi connectivity index (χ1v) is 13.7. The number of hydrogen-bond donors (Lipinski definition) is 1. The number of hydrazone groups is 1. The van der Waals surface area contributed by atoms with Gasteiger partial charge in [-0.2, -0.15) is 18.3 Å². The molecule has 2 aromatic rings. The van der Waals surface area contributed by atoms with E-state index in [1.807, 2.05) is 0 Å². The summed E-state index contributed by atoms with van der Waals surface area (Å²) in [5.74, 6) is -2.12. The van der Waals surface area contributed by atoms with E-state index in [9.17, 15) is 30.8 Å². The van der Waals surface area contributed by atoms with Gasteiger partial charge in [0.15, 0.2) is 21.2 Å². The van der Waals surface area contributed by atoms with Crippen molar-refractivity contribution in [1.29, 1.82) is 0 Å². The monoisotopic (exact) mass is 579 g/mol. The average molecular weight is 580 g/mol. The molecule has 7 nitrogen and oxygen atoms in total. The summed E-state index contributed by atoms with van der Waals surface area (Å²) >= 11 is 11.5. The average Bonchev–Trinajstić information content (AvgIpc) is 3.37. The molecular weight excluding hydrogens is 561 g/mol.